The van der Waals surface area contributed by atoms with Gasteiger partial charge in [0.2, 0.25) is 25.0 Å². The average Bonchev–Trinajstić information content (AvgIpc) is 2.36. The molecule has 0 saturated heterocycles. The van der Waals surface area contributed by atoms with Crippen LogP contribution in [0.2, 0.25) is 58.9 Å². The second kappa shape index (κ2) is 8.75. The lowest BCUT2D eigenvalue weighted by atomic mass is 10.1. The Morgan fingerprint density at radius 2 is 1.35 bits per heavy atom. The SMILES string of the molecule is C[Si](C)(C)OC(=O)CCCc1ccc(O[Si](C)(C)C)c(O[Si](C)(C)C)c1. The van der Waals surface area contributed by atoms with Crippen molar-refractivity contribution in [3.05, 3.63) is 23.8 Å². The molecule has 0 atom stereocenters. The summed E-state index contributed by atoms with van der Waals surface area (Å²) in [6.07, 6.45) is 2.07. The van der Waals surface area contributed by atoms with E-state index in [1.54, 1.807) is 0 Å². The van der Waals surface area contributed by atoms with Gasteiger partial charge in [0.15, 0.2) is 0 Å². The van der Waals surface area contributed by atoms with Crippen LogP contribution in [0.4, 0.5) is 0 Å². The first-order valence-electron chi connectivity index (χ1n) is 9.37. The van der Waals surface area contributed by atoms with E-state index in [-0.39, 0.29) is 5.97 Å². The molecule has 0 aliphatic carbocycles. The Balaban J connectivity index is 2.81. The first-order chi connectivity index (χ1) is 11.6. The fourth-order valence-electron chi connectivity index (χ4n) is 2.36. The third kappa shape index (κ3) is 10.2. The van der Waals surface area contributed by atoms with Crippen molar-refractivity contribution in [1.82, 2.24) is 0 Å². The van der Waals surface area contributed by atoms with Crippen molar-refractivity contribution in [2.75, 3.05) is 0 Å². The van der Waals surface area contributed by atoms with E-state index < -0.39 is 25.0 Å². The molecule has 0 aliphatic rings. The largest absolute Gasteiger partial charge is 0.542 e. The van der Waals surface area contributed by atoms with Crippen molar-refractivity contribution >= 4 is 30.9 Å². The van der Waals surface area contributed by atoms with Gasteiger partial charge in [-0.05, 0) is 89.5 Å². The van der Waals surface area contributed by atoms with Gasteiger partial charge in [-0.3, -0.25) is 4.79 Å². The van der Waals surface area contributed by atoms with Crippen molar-refractivity contribution in [3.63, 3.8) is 0 Å². The Labute approximate surface area is 162 Å². The van der Waals surface area contributed by atoms with Crippen LogP contribution < -0.4 is 8.85 Å². The van der Waals surface area contributed by atoms with E-state index in [4.69, 9.17) is 13.3 Å². The van der Waals surface area contributed by atoms with Crippen molar-refractivity contribution in [2.45, 2.75) is 78.2 Å². The second-order valence-electron chi connectivity index (χ2n) is 9.65. The van der Waals surface area contributed by atoms with E-state index in [9.17, 15) is 4.79 Å². The molecule has 0 saturated carbocycles. The Morgan fingerprint density at radius 3 is 1.85 bits per heavy atom. The molecule has 0 aliphatic heterocycles. The molecular formula is C19H36O4Si3. The van der Waals surface area contributed by atoms with Crippen molar-refractivity contribution in [2.24, 2.45) is 0 Å². The summed E-state index contributed by atoms with van der Waals surface area (Å²) in [5.41, 5.74) is 1.17. The van der Waals surface area contributed by atoms with E-state index in [1.165, 1.54) is 5.56 Å². The summed E-state index contributed by atoms with van der Waals surface area (Å²) in [5.74, 6) is 1.60. The molecule has 1 aromatic rings. The molecule has 1 aromatic carbocycles. The number of benzene rings is 1. The molecule has 0 aromatic heterocycles. The molecule has 0 fully saturated rings. The normalized spacial score (nSPS) is 12.7. The predicted octanol–water partition coefficient (Wildman–Crippen LogP) is 5.81. The zero-order chi connectivity index (χ0) is 20.2. The highest BCUT2D eigenvalue weighted by Gasteiger charge is 2.23. The van der Waals surface area contributed by atoms with Crippen molar-refractivity contribution in [1.29, 1.82) is 0 Å². The van der Waals surface area contributed by atoms with Gasteiger partial charge in [0.25, 0.3) is 5.97 Å². The maximum Gasteiger partial charge on any atom is 0.292 e. The second-order valence-corrected chi connectivity index (χ2v) is 22.9. The van der Waals surface area contributed by atoms with Gasteiger partial charge in [0.05, 0.1) is 0 Å². The molecule has 0 radical (unpaired) electrons. The third-order valence-electron chi connectivity index (χ3n) is 3.11. The van der Waals surface area contributed by atoms with Crippen molar-refractivity contribution in [3.8, 4) is 11.5 Å². The molecule has 7 heteroatoms. The highest BCUT2D eigenvalue weighted by atomic mass is 28.4. The molecule has 0 bridgehead atoms. The topological polar surface area (TPSA) is 44.8 Å². The van der Waals surface area contributed by atoms with E-state index in [0.29, 0.717) is 6.42 Å². The van der Waals surface area contributed by atoms with Crippen LogP contribution in [0, 0.1) is 0 Å². The lowest BCUT2D eigenvalue weighted by Crippen LogP contribution is -2.32. The standard InChI is InChI=1S/C19H36O4Si3/c1-24(2,3)21-17-14-13-16(15-18(17)22-25(4,5)6)11-10-12-19(20)23-26(7,8)9/h13-15H,10-12H2,1-9H3. The molecule has 0 N–H and O–H groups in total. The van der Waals surface area contributed by atoms with Crippen LogP contribution in [0.25, 0.3) is 0 Å². The Morgan fingerprint density at radius 1 is 0.808 bits per heavy atom. The van der Waals surface area contributed by atoms with E-state index in [2.05, 4.69) is 51.4 Å². The Hall–Kier alpha value is -1.06. The van der Waals surface area contributed by atoms with Crippen LogP contribution in [0.5, 0.6) is 11.5 Å². The molecular weight excluding hydrogens is 376 g/mol. The van der Waals surface area contributed by atoms with Gasteiger partial charge in [-0.15, -0.1) is 0 Å². The predicted molar refractivity (Wildman–Crippen MR) is 117 cm³/mol. The van der Waals surface area contributed by atoms with Gasteiger partial charge in [-0.25, -0.2) is 0 Å². The molecule has 148 valence electrons. The van der Waals surface area contributed by atoms with Crippen LogP contribution in [-0.4, -0.2) is 30.9 Å². The number of carbonyl (C=O) groups is 1. The smallest absolute Gasteiger partial charge is 0.292 e. The fourth-order valence-corrected chi connectivity index (χ4v) is 4.79. The summed E-state index contributed by atoms with van der Waals surface area (Å²) in [6.45, 7) is 19.1. The minimum absolute atomic E-state index is 0.0820. The Kier molecular flexibility index (Phi) is 7.74. The first kappa shape index (κ1) is 23.0. The lowest BCUT2D eigenvalue weighted by molar-refractivity contribution is -0.135. The van der Waals surface area contributed by atoms with Crippen LogP contribution in [0.3, 0.4) is 0 Å². The maximum absolute atomic E-state index is 11.9. The van der Waals surface area contributed by atoms with Gasteiger partial charge < -0.3 is 13.3 Å². The molecule has 0 heterocycles. The summed E-state index contributed by atoms with van der Waals surface area (Å²) in [4.78, 5) is 11.9. The highest BCUT2D eigenvalue weighted by Crippen LogP contribution is 2.33. The Bertz CT molecular complexity index is 611. The van der Waals surface area contributed by atoms with Gasteiger partial charge >= 0.3 is 0 Å². The summed E-state index contributed by atoms with van der Waals surface area (Å²) < 4.78 is 18.0. The molecule has 4 nitrogen and oxygen atoms in total. The van der Waals surface area contributed by atoms with Crippen LogP contribution in [-0.2, 0) is 15.6 Å². The monoisotopic (exact) mass is 412 g/mol. The summed E-state index contributed by atoms with van der Waals surface area (Å²) in [7, 11) is -5.24. The van der Waals surface area contributed by atoms with Gasteiger partial charge in [0.1, 0.15) is 11.5 Å². The molecule has 1 rings (SSSR count). The van der Waals surface area contributed by atoms with Gasteiger partial charge in [0, 0.05) is 6.42 Å². The molecule has 26 heavy (non-hydrogen) atoms. The van der Waals surface area contributed by atoms with Gasteiger partial charge in [-0.2, -0.15) is 0 Å². The minimum Gasteiger partial charge on any atom is -0.542 e. The van der Waals surface area contributed by atoms with E-state index in [0.717, 1.165) is 24.3 Å². The first-order valence-corrected chi connectivity index (χ1v) is 19.6. The van der Waals surface area contributed by atoms with Crippen LogP contribution >= 0.6 is 0 Å². The molecule has 0 spiro atoms. The fraction of sp³-hybridized carbons (Fsp3) is 0.632. The highest BCUT2D eigenvalue weighted by molar-refractivity contribution is 6.71. The summed E-state index contributed by atoms with van der Waals surface area (Å²) in [5, 5.41) is 0. The van der Waals surface area contributed by atoms with E-state index >= 15 is 0 Å². The minimum atomic E-state index is -1.79. The third-order valence-corrected chi connectivity index (χ3v) is 5.61. The number of hydrogen-bond acceptors (Lipinski definition) is 4. The van der Waals surface area contributed by atoms with Crippen LogP contribution in [0.1, 0.15) is 18.4 Å². The number of hydrogen-bond donors (Lipinski definition) is 0. The number of carbonyl (C=O) groups excluding carboxylic acids is 1. The summed E-state index contributed by atoms with van der Waals surface area (Å²) in [6, 6.07) is 6.18. The quantitative estimate of drug-likeness (QED) is 0.480. The van der Waals surface area contributed by atoms with Gasteiger partial charge in [-0.1, -0.05) is 6.07 Å². The molecule has 0 unspecified atom stereocenters. The molecule has 0 amide bonds. The zero-order valence-corrected chi connectivity index (χ0v) is 21.0. The van der Waals surface area contributed by atoms with E-state index in [1.807, 2.05) is 25.7 Å². The number of aryl methyl sites for hydroxylation is 1. The number of rotatable bonds is 9. The average molecular weight is 413 g/mol. The summed E-state index contributed by atoms with van der Waals surface area (Å²) >= 11 is 0. The lowest BCUT2D eigenvalue weighted by Gasteiger charge is -2.26. The zero-order valence-electron chi connectivity index (χ0n) is 18.0. The van der Waals surface area contributed by atoms with Crippen molar-refractivity contribution < 1.29 is 18.1 Å². The maximum atomic E-state index is 11.9. The van der Waals surface area contributed by atoms with Crippen LogP contribution in [0.15, 0.2) is 18.2 Å².